The van der Waals surface area contributed by atoms with Crippen molar-refractivity contribution in [2.45, 2.75) is 32.2 Å². The summed E-state index contributed by atoms with van der Waals surface area (Å²) in [4.78, 5) is 14.7. The van der Waals surface area contributed by atoms with Crippen molar-refractivity contribution < 1.29 is 4.79 Å². The fourth-order valence-corrected chi connectivity index (χ4v) is 2.80. The summed E-state index contributed by atoms with van der Waals surface area (Å²) in [5, 5.41) is 3.18. The Labute approximate surface area is 121 Å². The van der Waals surface area contributed by atoms with Crippen molar-refractivity contribution in [3.8, 4) is 0 Å². The molecule has 4 heteroatoms. The number of piperidine rings is 1. The summed E-state index contributed by atoms with van der Waals surface area (Å²) in [5.74, 6) is 0.0692. The van der Waals surface area contributed by atoms with Crippen LogP contribution in [0.1, 0.15) is 35.7 Å². The largest absolute Gasteiger partial charge is 0.349 e. The monoisotopic (exact) mass is 275 g/mol. The highest BCUT2D eigenvalue weighted by molar-refractivity contribution is 5.95. The van der Waals surface area contributed by atoms with Gasteiger partial charge in [0, 0.05) is 37.8 Å². The van der Waals surface area contributed by atoms with Crippen LogP contribution < -0.4 is 11.1 Å². The Bertz CT molecular complexity index is 439. The predicted molar refractivity (Wildman–Crippen MR) is 81.8 cm³/mol. The molecule has 20 heavy (non-hydrogen) atoms. The highest BCUT2D eigenvalue weighted by Crippen LogP contribution is 2.13. The van der Waals surface area contributed by atoms with E-state index in [9.17, 15) is 4.79 Å². The van der Waals surface area contributed by atoms with Crippen LogP contribution in [0.2, 0.25) is 0 Å². The zero-order chi connectivity index (χ0) is 14.4. The number of nitrogens with zero attached hydrogens (tertiary/aromatic N) is 1. The predicted octanol–water partition coefficient (Wildman–Crippen LogP) is 1.40. The average Bonchev–Trinajstić information content (AvgIpc) is 2.49. The van der Waals surface area contributed by atoms with Crippen LogP contribution in [-0.2, 0) is 6.42 Å². The molecule has 1 heterocycles. The van der Waals surface area contributed by atoms with E-state index in [-0.39, 0.29) is 5.91 Å². The molecule has 0 spiro atoms. The van der Waals surface area contributed by atoms with Gasteiger partial charge in [0.25, 0.3) is 5.91 Å². The van der Waals surface area contributed by atoms with Gasteiger partial charge in [-0.25, -0.2) is 0 Å². The van der Waals surface area contributed by atoms with E-state index in [0.29, 0.717) is 12.6 Å². The molecule has 0 bridgehead atoms. The molecule has 1 aromatic rings. The molecule has 2 rings (SSSR count). The summed E-state index contributed by atoms with van der Waals surface area (Å²) in [6, 6.07) is 8.15. The number of carbonyl (C=O) groups excluding carboxylic acids is 1. The van der Waals surface area contributed by atoms with Gasteiger partial charge in [-0.3, -0.25) is 4.79 Å². The lowest BCUT2D eigenvalue weighted by Gasteiger charge is -2.32. The van der Waals surface area contributed by atoms with Crippen LogP contribution >= 0.6 is 0 Å². The third-order valence-corrected chi connectivity index (χ3v) is 4.01. The van der Waals surface area contributed by atoms with E-state index >= 15 is 0 Å². The van der Waals surface area contributed by atoms with Crippen molar-refractivity contribution in [1.82, 2.24) is 10.2 Å². The van der Waals surface area contributed by atoms with Gasteiger partial charge in [-0.2, -0.15) is 0 Å². The summed E-state index contributed by atoms with van der Waals surface area (Å²) >= 11 is 0. The van der Waals surface area contributed by atoms with Gasteiger partial charge in [-0.15, -0.1) is 0 Å². The minimum atomic E-state index is 0.0692. The standard InChI is InChI=1S/C16H25N3O/c1-2-13-5-3-4-6-15(13)16(20)18-14-7-10-19(11-8-14)12-9-17/h3-6,14H,2,7-12,17H2,1H3,(H,18,20). The first-order valence-electron chi connectivity index (χ1n) is 7.55. The molecule has 1 saturated heterocycles. The minimum Gasteiger partial charge on any atom is -0.349 e. The van der Waals surface area contributed by atoms with E-state index in [1.807, 2.05) is 24.3 Å². The maximum atomic E-state index is 12.4. The smallest absolute Gasteiger partial charge is 0.251 e. The number of amides is 1. The fraction of sp³-hybridized carbons (Fsp3) is 0.562. The summed E-state index contributed by atoms with van der Waals surface area (Å²) in [7, 11) is 0. The Morgan fingerprint density at radius 3 is 2.70 bits per heavy atom. The number of nitrogens with two attached hydrogens (primary N) is 1. The van der Waals surface area contributed by atoms with Gasteiger partial charge in [0.15, 0.2) is 0 Å². The van der Waals surface area contributed by atoms with Gasteiger partial charge >= 0.3 is 0 Å². The molecular formula is C16H25N3O. The normalized spacial score (nSPS) is 17.1. The second kappa shape index (κ2) is 7.41. The van der Waals surface area contributed by atoms with E-state index < -0.39 is 0 Å². The van der Waals surface area contributed by atoms with Crippen molar-refractivity contribution >= 4 is 5.91 Å². The van der Waals surface area contributed by atoms with E-state index in [1.54, 1.807) is 0 Å². The molecule has 1 fully saturated rings. The molecule has 1 aliphatic heterocycles. The first-order chi connectivity index (χ1) is 9.74. The van der Waals surface area contributed by atoms with Crippen molar-refractivity contribution in [2.75, 3.05) is 26.2 Å². The third-order valence-electron chi connectivity index (χ3n) is 4.01. The molecule has 1 amide bonds. The van der Waals surface area contributed by atoms with Gasteiger partial charge in [-0.05, 0) is 30.9 Å². The van der Waals surface area contributed by atoms with Crippen molar-refractivity contribution in [3.05, 3.63) is 35.4 Å². The number of aryl methyl sites for hydroxylation is 1. The SMILES string of the molecule is CCc1ccccc1C(=O)NC1CCN(CCN)CC1. The van der Waals surface area contributed by atoms with Gasteiger partial charge in [-0.1, -0.05) is 25.1 Å². The zero-order valence-electron chi connectivity index (χ0n) is 12.3. The number of carbonyl (C=O) groups is 1. The summed E-state index contributed by atoms with van der Waals surface area (Å²) in [6.45, 7) is 5.80. The van der Waals surface area contributed by atoms with Crippen LogP contribution in [0.25, 0.3) is 0 Å². The van der Waals surface area contributed by atoms with Crippen LogP contribution in [-0.4, -0.2) is 43.0 Å². The van der Waals surface area contributed by atoms with Gasteiger partial charge in [0.05, 0.1) is 0 Å². The average molecular weight is 275 g/mol. The maximum Gasteiger partial charge on any atom is 0.251 e. The number of rotatable bonds is 5. The molecule has 110 valence electrons. The second-order valence-electron chi connectivity index (χ2n) is 5.39. The third kappa shape index (κ3) is 3.81. The molecule has 0 radical (unpaired) electrons. The second-order valence-corrected chi connectivity index (χ2v) is 5.39. The maximum absolute atomic E-state index is 12.4. The van der Waals surface area contributed by atoms with Crippen LogP contribution in [0.5, 0.6) is 0 Å². The van der Waals surface area contributed by atoms with E-state index in [1.165, 1.54) is 0 Å². The van der Waals surface area contributed by atoms with E-state index in [4.69, 9.17) is 5.73 Å². The molecule has 4 nitrogen and oxygen atoms in total. The van der Waals surface area contributed by atoms with E-state index in [2.05, 4.69) is 17.1 Å². The molecule has 0 saturated carbocycles. The highest BCUT2D eigenvalue weighted by Gasteiger charge is 2.21. The van der Waals surface area contributed by atoms with Crippen molar-refractivity contribution in [1.29, 1.82) is 0 Å². The Balaban J connectivity index is 1.89. The summed E-state index contributed by atoms with van der Waals surface area (Å²) < 4.78 is 0. The molecule has 0 aliphatic carbocycles. The zero-order valence-corrected chi connectivity index (χ0v) is 12.3. The number of hydrogen-bond acceptors (Lipinski definition) is 3. The lowest BCUT2D eigenvalue weighted by molar-refractivity contribution is 0.0911. The number of benzene rings is 1. The van der Waals surface area contributed by atoms with Gasteiger partial charge < -0.3 is 16.0 Å². The number of nitrogens with one attached hydrogen (secondary N) is 1. The van der Waals surface area contributed by atoms with Crippen LogP contribution in [0.15, 0.2) is 24.3 Å². The molecule has 3 N–H and O–H groups in total. The fourth-order valence-electron chi connectivity index (χ4n) is 2.80. The quantitative estimate of drug-likeness (QED) is 0.854. The first-order valence-corrected chi connectivity index (χ1v) is 7.55. The first kappa shape index (κ1) is 15.0. The Morgan fingerprint density at radius 1 is 1.35 bits per heavy atom. The van der Waals surface area contributed by atoms with Crippen LogP contribution in [0.4, 0.5) is 0 Å². The topological polar surface area (TPSA) is 58.4 Å². The van der Waals surface area contributed by atoms with Crippen LogP contribution in [0.3, 0.4) is 0 Å². The number of hydrogen-bond donors (Lipinski definition) is 2. The molecular weight excluding hydrogens is 250 g/mol. The van der Waals surface area contributed by atoms with Crippen molar-refractivity contribution in [3.63, 3.8) is 0 Å². The summed E-state index contributed by atoms with van der Waals surface area (Å²) in [6.07, 6.45) is 2.92. The molecule has 1 aromatic carbocycles. The molecule has 1 aliphatic rings. The Morgan fingerprint density at radius 2 is 2.05 bits per heavy atom. The van der Waals surface area contributed by atoms with Gasteiger partial charge in [0.1, 0.15) is 0 Å². The highest BCUT2D eigenvalue weighted by atomic mass is 16.1. The van der Waals surface area contributed by atoms with Crippen molar-refractivity contribution in [2.24, 2.45) is 5.73 Å². The summed E-state index contributed by atoms with van der Waals surface area (Å²) in [5.41, 5.74) is 7.51. The lowest BCUT2D eigenvalue weighted by atomic mass is 10.0. The Hall–Kier alpha value is -1.39. The molecule has 0 atom stereocenters. The van der Waals surface area contributed by atoms with Gasteiger partial charge in [0.2, 0.25) is 0 Å². The minimum absolute atomic E-state index is 0.0692. The molecule has 0 unspecified atom stereocenters. The van der Waals surface area contributed by atoms with E-state index in [0.717, 1.165) is 50.0 Å². The molecule has 0 aromatic heterocycles. The Kier molecular flexibility index (Phi) is 5.56. The number of likely N-dealkylation sites (tertiary alicyclic amines) is 1. The van der Waals surface area contributed by atoms with Crippen LogP contribution in [0, 0.1) is 0 Å². The lowest BCUT2D eigenvalue weighted by Crippen LogP contribution is -2.45.